The summed E-state index contributed by atoms with van der Waals surface area (Å²) in [5.41, 5.74) is 0.147. The van der Waals surface area contributed by atoms with Gasteiger partial charge in [0.2, 0.25) is 0 Å². The van der Waals surface area contributed by atoms with Crippen LogP contribution in [0, 0.1) is 6.92 Å². The number of amides is 2. The Bertz CT molecular complexity index is 1070. The molecule has 2 aromatic rings. The van der Waals surface area contributed by atoms with Crippen molar-refractivity contribution in [1.82, 2.24) is 10.6 Å². The Hall–Kier alpha value is -3.11. The normalized spacial score (nSPS) is 15.7. The SMILES string of the molecule is CCOC(=O)C1=C(COC(=O)CCC(=O)c2ccc(Cl)s2)NC(=O)NC1c1ccc(C)o1. The summed E-state index contributed by atoms with van der Waals surface area (Å²) in [5, 5.41) is 5.11. The zero-order chi connectivity index (χ0) is 23.3. The van der Waals surface area contributed by atoms with E-state index in [0.717, 1.165) is 11.3 Å². The molecular formula is C21H21ClN2O7S. The molecule has 3 heterocycles. The average Bonchev–Trinajstić information content (AvgIpc) is 3.38. The smallest absolute Gasteiger partial charge is 0.338 e. The molecule has 1 atom stereocenters. The van der Waals surface area contributed by atoms with Crippen LogP contribution in [-0.2, 0) is 19.1 Å². The van der Waals surface area contributed by atoms with Crippen LogP contribution in [0.25, 0.3) is 0 Å². The highest BCUT2D eigenvalue weighted by Gasteiger charge is 2.36. The van der Waals surface area contributed by atoms with Crippen molar-refractivity contribution in [1.29, 1.82) is 0 Å². The van der Waals surface area contributed by atoms with E-state index in [1.54, 1.807) is 38.1 Å². The first-order valence-corrected chi connectivity index (χ1v) is 11.0. The number of nitrogens with one attached hydrogen (secondary N) is 2. The third kappa shape index (κ3) is 5.77. The maximum Gasteiger partial charge on any atom is 0.338 e. The number of furan rings is 1. The fourth-order valence-corrected chi connectivity index (χ4v) is 4.04. The molecule has 0 bridgehead atoms. The van der Waals surface area contributed by atoms with Crippen LogP contribution in [-0.4, -0.2) is 37.0 Å². The van der Waals surface area contributed by atoms with Crippen molar-refractivity contribution in [2.24, 2.45) is 0 Å². The number of urea groups is 1. The van der Waals surface area contributed by atoms with E-state index in [1.807, 2.05) is 0 Å². The Balaban J connectivity index is 1.71. The molecule has 0 radical (unpaired) electrons. The van der Waals surface area contributed by atoms with Crippen LogP contribution in [0.3, 0.4) is 0 Å². The van der Waals surface area contributed by atoms with Crippen LogP contribution < -0.4 is 10.6 Å². The first kappa shape index (κ1) is 23.6. The Labute approximate surface area is 192 Å². The van der Waals surface area contributed by atoms with Crippen LogP contribution in [0.2, 0.25) is 4.34 Å². The van der Waals surface area contributed by atoms with Crippen LogP contribution in [0.15, 0.2) is 40.0 Å². The van der Waals surface area contributed by atoms with Crippen molar-refractivity contribution >= 4 is 46.7 Å². The first-order chi connectivity index (χ1) is 15.3. The van der Waals surface area contributed by atoms with Gasteiger partial charge < -0.3 is 24.5 Å². The van der Waals surface area contributed by atoms with Gasteiger partial charge in [-0.2, -0.15) is 0 Å². The van der Waals surface area contributed by atoms with Crippen molar-refractivity contribution in [3.05, 3.63) is 56.3 Å². The number of carbonyl (C=O) groups excluding carboxylic acids is 4. The van der Waals surface area contributed by atoms with Crippen molar-refractivity contribution < 1.29 is 33.1 Å². The van der Waals surface area contributed by atoms with E-state index < -0.39 is 24.0 Å². The van der Waals surface area contributed by atoms with Gasteiger partial charge in [0.25, 0.3) is 0 Å². The lowest BCUT2D eigenvalue weighted by Crippen LogP contribution is -2.47. The second kappa shape index (κ2) is 10.5. The second-order valence-corrected chi connectivity index (χ2v) is 8.50. The standard InChI is InChI=1S/C21H21ClN2O7S/c1-3-29-20(27)18-12(23-21(28)24-19(18)14-6-4-11(2)31-14)10-30-17(26)9-5-13(25)15-7-8-16(22)32-15/h4,6-8,19H,3,5,9-10H2,1-2H3,(H2,23,24,28). The molecule has 0 aliphatic carbocycles. The minimum absolute atomic E-state index is 0.0539. The number of ketones is 1. The molecule has 1 aliphatic rings. The van der Waals surface area contributed by atoms with E-state index in [1.165, 1.54) is 0 Å². The lowest BCUT2D eigenvalue weighted by atomic mass is 10.0. The molecule has 2 N–H and O–H groups in total. The summed E-state index contributed by atoms with van der Waals surface area (Å²) in [7, 11) is 0. The van der Waals surface area contributed by atoms with Crippen LogP contribution in [0.4, 0.5) is 4.79 Å². The number of rotatable bonds is 9. The number of thiophene rings is 1. The molecule has 0 spiro atoms. The quantitative estimate of drug-likeness (QED) is 0.414. The van der Waals surface area contributed by atoms with Crippen molar-refractivity contribution in [3.8, 4) is 0 Å². The molecule has 1 unspecified atom stereocenters. The van der Waals surface area contributed by atoms with Crippen LogP contribution in [0.1, 0.15) is 47.0 Å². The summed E-state index contributed by atoms with van der Waals surface area (Å²) in [5.74, 6) is -0.636. The summed E-state index contributed by atoms with van der Waals surface area (Å²) in [6.07, 6.45) is -0.217. The molecular weight excluding hydrogens is 460 g/mol. The number of hydrogen-bond donors (Lipinski definition) is 2. The summed E-state index contributed by atoms with van der Waals surface area (Å²) in [6.45, 7) is 3.11. The Morgan fingerprint density at radius 2 is 1.94 bits per heavy atom. The van der Waals surface area contributed by atoms with Crippen LogP contribution in [0.5, 0.6) is 0 Å². The van der Waals surface area contributed by atoms with Gasteiger partial charge in [0.05, 0.1) is 33.5 Å². The highest BCUT2D eigenvalue weighted by atomic mass is 35.5. The van der Waals surface area contributed by atoms with Gasteiger partial charge in [0, 0.05) is 6.42 Å². The molecule has 32 heavy (non-hydrogen) atoms. The molecule has 2 amide bonds. The Morgan fingerprint density at radius 1 is 1.16 bits per heavy atom. The number of aryl methyl sites for hydroxylation is 1. The third-order valence-corrected chi connectivity index (χ3v) is 5.75. The maximum atomic E-state index is 12.6. The number of hydrogen-bond acceptors (Lipinski definition) is 8. The minimum atomic E-state index is -0.907. The van der Waals surface area contributed by atoms with Gasteiger partial charge in [-0.3, -0.25) is 9.59 Å². The van der Waals surface area contributed by atoms with Gasteiger partial charge in [-0.1, -0.05) is 11.6 Å². The van der Waals surface area contributed by atoms with Gasteiger partial charge in [0.15, 0.2) is 5.78 Å². The van der Waals surface area contributed by atoms with E-state index >= 15 is 0 Å². The largest absolute Gasteiger partial charge is 0.464 e. The number of esters is 2. The number of ether oxygens (including phenoxy) is 2. The van der Waals surface area contributed by atoms with Crippen LogP contribution >= 0.6 is 22.9 Å². The lowest BCUT2D eigenvalue weighted by Gasteiger charge is -2.27. The molecule has 9 nitrogen and oxygen atoms in total. The molecule has 2 aromatic heterocycles. The summed E-state index contributed by atoms with van der Waals surface area (Å²) in [4.78, 5) is 49.5. The molecule has 0 saturated heterocycles. The molecule has 0 fully saturated rings. The number of halogens is 1. The number of Topliss-reactive ketones (excluding diaryl/α,β-unsaturated/α-hetero) is 1. The highest BCUT2D eigenvalue weighted by Crippen LogP contribution is 2.29. The predicted molar refractivity (Wildman–Crippen MR) is 115 cm³/mol. The van der Waals surface area contributed by atoms with Gasteiger partial charge in [-0.25, -0.2) is 9.59 Å². The molecule has 11 heteroatoms. The van der Waals surface area contributed by atoms with Crippen molar-refractivity contribution in [3.63, 3.8) is 0 Å². The monoisotopic (exact) mass is 480 g/mol. The fourth-order valence-electron chi connectivity index (χ4n) is 3.03. The Kier molecular flexibility index (Phi) is 7.70. The zero-order valence-electron chi connectivity index (χ0n) is 17.4. The minimum Gasteiger partial charge on any atom is -0.464 e. The van der Waals surface area contributed by atoms with Gasteiger partial charge in [-0.05, 0) is 38.1 Å². The molecule has 0 aromatic carbocycles. The fraction of sp³-hybridized carbons (Fsp3) is 0.333. The van der Waals surface area contributed by atoms with E-state index in [9.17, 15) is 19.2 Å². The van der Waals surface area contributed by atoms with Crippen molar-refractivity contribution in [2.45, 2.75) is 32.7 Å². The van der Waals surface area contributed by atoms with Gasteiger partial charge in [-0.15, -0.1) is 11.3 Å². The van der Waals surface area contributed by atoms with E-state index in [0.29, 0.717) is 20.7 Å². The predicted octanol–water partition coefficient (Wildman–Crippen LogP) is 3.68. The topological polar surface area (TPSA) is 124 Å². The summed E-state index contributed by atoms with van der Waals surface area (Å²) < 4.78 is 16.4. The summed E-state index contributed by atoms with van der Waals surface area (Å²) in [6, 6.07) is 5.04. The van der Waals surface area contributed by atoms with Gasteiger partial charge >= 0.3 is 18.0 Å². The first-order valence-electron chi connectivity index (χ1n) is 9.76. The molecule has 170 valence electrons. The van der Waals surface area contributed by atoms with Crippen molar-refractivity contribution in [2.75, 3.05) is 13.2 Å². The highest BCUT2D eigenvalue weighted by molar-refractivity contribution is 7.18. The van der Waals surface area contributed by atoms with E-state index in [2.05, 4.69) is 10.6 Å². The maximum absolute atomic E-state index is 12.6. The number of carbonyl (C=O) groups is 4. The molecule has 3 rings (SSSR count). The molecule has 0 saturated carbocycles. The summed E-state index contributed by atoms with van der Waals surface area (Å²) >= 11 is 6.95. The third-order valence-electron chi connectivity index (χ3n) is 4.48. The van der Waals surface area contributed by atoms with E-state index in [-0.39, 0.29) is 43.1 Å². The van der Waals surface area contributed by atoms with E-state index in [4.69, 9.17) is 25.5 Å². The lowest BCUT2D eigenvalue weighted by molar-refractivity contribution is -0.143. The average molecular weight is 481 g/mol. The molecule has 1 aliphatic heterocycles. The van der Waals surface area contributed by atoms with Gasteiger partial charge in [0.1, 0.15) is 24.2 Å². The second-order valence-electron chi connectivity index (χ2n) is 6.78. The zero-order valence-corrected chi connectivity index (χ0v) is 18.9. The Morgan fingerprint density at radius 3 is 2.56 bits per heavy atom.